The minimum Gasteiger partial charge on any atom is -0.387 e. The van der Waals surface area contributed by atoms with Crippen LogP contribution < -0.4 is 5.73 Å². The quantitative estimate of drug-likeness (QED) is 0.778. The van der Waals surface area contributed by atoms with Gasteiger partial charge in [-0.05, 0) is 31.0 Å². The molecule has 0 radical (unpaired) electrons. The molecular formula is C17H22N4O2. The van der Waals surface area contributed by atoms with Gasteiger partial charge in [0.25, 0.3) is 5.91 Å². The van der Waals surface area contributed by atoms with E-state index in [0.717, 1.165) is 37.2 Å². The lowest BCUT2D eigenvalue weighted by Gasteiger charge is -2.33. The zero-order valence-electron chi connectivity index (χ0n) is 13.0. The zero-order valence-corrected chi connectivity index (χ0v) is 13.0. The van der Waals surface area contributed by atoms with Gasteiger partial charge < -0.3 is 10.8 Å². The number of nitrogens with zero attached hydrogens (tertiary/aromatic N) is 2. The number of benzene rings is 1. The number of hydrogen-bond acceptors (Lipinski definition) is 4. The van der Waals surface area contributed by atoms with Gasteiger partial charge in [-0.25, -0.2) is 0 Å². The van der Waals surface area contributed by atoms with Crippen LogP contribution >= 0.6 is 0 Å². The highest BCUT2D eigenvalue weighted by atomic mass is 16.3. The molecule has 2 heterocycles. The second-order valence-electron chi connectivity index (χ2n) is 6.10. The molecule has 0 unspecified atom stereocenters. The average Bonchev–Trinajstić information content (AvgIpc) is 3.06. The Hall–Kier alpha value is -2.18. The largest absolute Gasteiger partial charge is 0.387 e. The van der Waals surface area contributed by atoms with E-state index in [1.807, 2.05) is 30.3 Å². The van der Waals surface area contributed by atoms with Crippen molar-refractivity contribution in [3.8, 4) is 0 Å². The normalized spacial score (nSPS) is 20.3. The Morgan fingerprint density at radius 1 is 1.43 bits per heavy atom. The van der Waals surface area contributed by atoms with Crippen LogP contribution in [0.25, 0.3) is 0 Å². The summed E-state index contributed by atoms with van der Waals surface area (Å²) in [4.78, 5) is 13.4. The van der Waals surface area contributed by atoms with E-state index in [1.165, 1.54) is 0 Å². The highest BCUT2D eigenvalue weighted by Gasteiger charge is 2.25. The van der Waals surface area contributed by atoms with Gasteiger partial charge in [-0.3, -0.25) is 14.8 Å². The highest BCUT2D eigenvalue weighted by Crippen LogP contribution is 2.27. The first-order valence-corrected chi connectivity index (χ1v) is 7.94. The summed E-state index contributed by atoms with van der Waals surface area (Å²) in [7, 11) is 0. The number of β-amino-alcohol motifs (C(OH)–C–C–N with tert-alkyl or cyclic N) is 1. The van der Waals surface area contributed by atoms with E-state index < -0.39 is 12.0 Å². The van der Waals surface area contributed by atoms with Crippen LogP contribution in [-0.4, -0.2) is 45.7 Å². The number of nitrogens with two attached hydrogens (primary N) is 1. The number of amides is 1. The Morgan fingerprint density at radius 3 is 2.91 bits per heavy atom. The third kappa shape index (κ3) is 3.78. The summed E-state index contributed by atoms with van der Waals surface area (Å²) in [6, 6.07) is 11.5. The van der Waals surface area contributed by atoms with Crippen LogP contribution in [0.2, 0.25) is 0 Å². The van der Waals surface area contributed by atoms with E-state index in [9.17, 15) is 9.90 Å². The first-order valence-electron chi connectivity index (χ1n) is 7.94. The molecule has 1 aliphatic heterocycles. The number of piperidine rings is 1. The fraction of sp³-hybridized carbons (Fsp3) is 0.412. The third-order valence-electron chi connectivity index (χ3n) is 4.41. The van der Waals surface area contributed by atoms with Gasteiger partial charge in [0.05, 0.1) is 6.10 Å². The first-order chi connectivity index (χ1) is 11.1. The molecule has 3 rings (SSSR count). The van der Waals surface area contributed by atoms with Crippen LogP contribution in [0.5, 0.6) is 0 Å². The first kappa shape index (κ1) is 15.7. The molecule has 0 spiro atoms. The lowest BCUT2D eigenvalue weighted by atomic mass is 9.94. The summed E-state index contributed by atoms with van der Waals surface area (Å²) < 4.78 is 0. The predicted octanol–water partition coefficient (Wildman–Crippen LogP) is 1.42. The molecule has 6 heteroatoms. The van der Waals surface area contributed by atoms with E-state index in [2.05, 4.69) is 15.1 Å². The number of carbonyl (C=O) groups is 1. The maximum Gasteiger partial charge on any atom is 0.269 e. The average molecular weight is 314 g/mol. The van der Waals surface area contributed by atoms with E-state index in [0.29, 0.717) is 6.54 Å². The smallest absolute Gasteiger partial charge is 0.269 e. The molecule has 2 atom stereocenters. The molecule has 2 aromatic rings. The van der Waals surface area contributed by atoms with E-state index in [4.69, 9.17) is 5.73 Å². The van der Waals surface area contributed by atoms with E-state index in [-0.39, 0.29) is 11.6 Å². The summed E-state index contributed by atoms with van der Waals surface area (Å²) in [6.45, 7) is 2.42. The molecule has 4 N–H and O–H groups in total. The topological polar surface area (TPSA) is 95.2 Å². The van der Waals surface area contributed by atoms with Crippen LogP contribution in [0.3, 0.4) is 0 Å². The maximum absolute atomic E-state index is 11.2. The lowest BCUT2D eigenvalue weighted by Crippen LogP contribution is -2.37. The van der Waals surface area contributed by atoms with Crippen LogP contribution in [0.1, 0.15) is 46.6 Å². The fourth-order valence-electron chi connectivity index (χ4n) is 3.17. The zero-order chi connectivity index (χ0) is 16.2. The van der Waals surface area contributed by atoms with Crippen molar-refractivity contribution in [2.24, 2.45) is 5.73 Å². The van der Waals surface area contributed by atoms with Crippen LogP contribution in [0.15, 0.2) is 36.4 Å². The van der Waals surface area contributed by atoms with E-state index in [1.54, 1.807) is 6.07 Å². The number of primary amides is 1. The van der Waals surface area contributed by atoms with Gasteiger partial charge in [-0.2, -0.15) is 5.10 Å². The summed E-state index contributed by atoms with van der Waals surface area (Å²) in [5.74, 6) is -0.230. The van der Waals surface area contributed by atoms with Crippen molar-refractivity contribution in [1.82, 2.24) is 15.1 Å². The summed E-state index contributed by atoms with van der Waals surface area (Å²) in [5, 5.41) is 17.3. The number of hydrogen-bond donors (Lipinski definition) is 3. The van der Waals surface area contributed by atoms with E-state index >= 15 is 0 Å². The van der Waals surface area contributed by atoms with Gasteiger partial charge in [0, 0.05) is 24.7 Å². The summed E-state index contributed by atoms with van der Waals surface area (Å²) >= 11 is 0. The molecule has 1 amide bonds. The monoisotopic (exact) mass is 314 g/mol. The van der Waals surface area contributed by atoms with Gasteiger partial charge in [0.15, 0.2) is 0 Å². The van der Waals surface area contributed by atoms with Crippen LogP contribution in [0.4, 0.5) is 0 Å². The Labute approximate surface area is 135 Å². The van der Waals surface area contributed by atoms with Crippen molar-refractivity contribution in [2.75, 3.05) is 19.6 Å². The molecule has 23 heavy (non-hydrogen) atoms. The second kappa shape index (κ2) is 6.93. The molecule has 0 aliphatic carbocycles. The second-order valence-corrected chi connectivity index (χ2v) is 6.10. The number of aromatic nitrogens is 2. The molecule has 1 saturated heterocycles. The lowest BCUT2D eigenvalue weighted by molar-refractivity contribution is 0.0950. The number of rotatable bonds is 5. The third-order valence-corrected chi connectivity index (χ3v) is 4.41. The van der Waals surface area contributed by atoms with Gasteiger partial charge >= 0.3 is 0 Å². The molecule has 1 aromatic carbocycles. The number of aliphatic hydroxyl groups is 1. The number of nitrogens with one attached hydrogen (secondary N) is 1. The predicted molar refractivity (Wildman–Crippen MR) is 86.9 cm³/mol. The minimum atomic E-state index is -0.514. The number of aliphatic hydroxyl groups excluding tert-OH is 1. The van der Waals surface area contributed by atoms with Crippen molar-refractivity contribution < 1.29 is 9.90 Å². The van der Waals surface area contributed by atoms with Gasteiger partial charge in [-0.1, -0.05) is 30.3 Å². The van der Waals surface area contributed by atoms with Crippen LogP contribution in [-0.2, 0) is 0 Å². The number of aromatic amines is 1. The molecule has 1 aromatic heterocycles. The summed E-state index contributed by atoms with van der Waals surface area (Å²) in [5.41, 5.74) is 7.41. The van der Waals surface area contributed by atoms with Crippen molar-refractivity contribution >= 4 is 5.91 Å². The van der Waals surface area contributed by atoms with Crippen molar-refractivity contribution in [3.05, 3.63) is 53.3 Å². The van der Waals surface area contributed by atoms with Crippen molar-refractivity contribution in [2.45, 2.75) is 24.9 Å². The molecule has 1 aliphatic rings. The number of carbonyl (C=O) groups excluding carboxylic acids is 1. The number of likely N-dealkylation sites (tertiary alicyclic amines) is 1. The maximum atomic E-state index is 11.2. The number of H-pyrrole nitrogens is 1. The van der Waals surface area contributed by atoms with Crippen molar-refractivity contribution in [3.63, 3.8) is 0 Å². The van der Waals surface area contributed by atoms with Crippen LogP contribution in [0, 0.1) is 0 Å². The SMILES string of the molecule is NC(=O)c1cc([C@@H]2CCCN(C[C@@H](O)c3ccccc3)C2)[nH]n1. The molecule has 0 bridgehead atoms. The minimum absolute atomic E-state index is 0.279. The molecule has 0 saturated carbocycles. The van der Waals surface area contributed by atoms with Gasteiger partial charge in [-0.15, -0.1) is 0 Å². The summed E-state index contributed by atoms with van der Waals surface area (Å²) in [6.07, 6.45) is 1.60. The Kier molecular flexibility index (Phi) is 4.73. The Morgan fingerprint density at radius 2 is 2.22 bits per heavy atom. The standard InChI is InChI=1S/C17H22N4O2/c18-17(23)15-9-14(19-20-15)13-7-4-8-21(10-13)11-16(22)12-5-2-1-3-6-12/h1-3,5-6,9,13,16,22H,4,7-8,10-11H2,(H2,18,23)(H,19,20)/t13-,16-/m1/s1. The molecule has 122 valence electrons. The highest BCUT2D eigenvalue weighted by molar-refractivity contribution is 5.90. The van der Waals surface area contributed by atoms with Gasteiger partial charge in [0.1, 0.15) is 5.69 Å². The van der Waals surface area contributed by atoms with Crippen molar-refractivity contribution in [1.29, 1.82) is 0 Å². The Bertz CT molecular complexity index is 656. The fourth-order valence-corrected chi connectivity index (χ4v) is 3.17. The molecule has 6 nitrogen and oxygen atoms in total. The molecule has 1 fully saturated rings. The molecular weight excluding hydrogens is 292 g/mol. The van der Waals surface area contributed by atoms with Gasteiger partial charge in [0.2, 0.25) is 0 Å². The Balaban J connectivity index is 1.62.